The number of hydrazine groups is 1. The molecule has 1 aromatic carbocycles. The highest BCUT2D eigenvalue weighted by Crippen LogP contribution is 2.29. The Morgan fingerprint density at radius 1 is 1.22 bits per heavy atom. The van der Waals surface area contributed by atoms with Crippen molar-refractivity contribution in [3.05, 3.63) is 23.8 Å². The maximum Gasteiger partial charge on any atom is 0.124 e. The monoisotopic (exact) mass is 254 g/mol. The van der Waals surface area contributed by atoms with Crippen LogP contribution in [0.2, 0.25) is 0 Å². The van der Waals surface area contributed by atoms with Crippen LogP contribution in [0.5, 0.6) is 11.5 Å². The second-order valence-electron chi connectivity index (χ2n) is 4.21. The molecule has 0 spiro atoms. The van der Waals surface area contributed by atoms with Crippen molar-refractivity contribution in [1.82, 2.24) is 5.43 Å². The summed E-state index contributed by atoms with van der Waals surface area (Å²) in [6.45, 7) is 4.43. The zero-order valence-electron chi connectivity index (χ0n) is 11.4. The Hall–Kier alpha value is -1.30. The topological polar surface area (TPSA) is 65.7 Å². The van der Waals surface area contributed by atoms with Crippen LogP contribution in [0, 0.1) is 0 Å². The van der Waals surface area contributed by atoms with Crippen LogP contribution >= 0.6 is 0 Å². The summed E-state index contributed by atoms with van der Waals surface area (Å²) in [7, 11) is 3.25. The number of methoxy groups -OCH3 is 2. The average Bonchev–Trinajstić information content (AvgIpc) is 2.38. The minimum Gasteiger partial charge on any atom is -0.497 e. The van der Waals surface area contributed by atoms with Crippen LogP contribution in [0.3, 0.4) is 0 Å². The van der Waals surface area contributed by atoms with Crippen molar-refractivity contribution in [3.8, 4) is 11.5 Å². The van der Waals surface area contributed by atoms with Crippen LogP contribution in [0.4, 0.5) is 0 Å². The third-order valence-electron chi connectivity index (χ3n) is 2.61. The predicted octanol–water partition coefficient (Wildman–Crippen LogP) is 1.63. The first-order chi connectivity index (χ1) is 8.62. The normalized spacial score (nSPS) is 12.6. The van der Waals surface area contributed by atoms with Crippen LogP contribution in [0.15, 0.2) is 18.2 Å². The van der Waals surface area contributed by atoms with Gasteiger partial charge >= 0.3 is 0 Å². The number of rotatable bonds is 7. The van der Waals surface area contributed by atoms with E-state index in [0.717, 1.165) is 17.1 Å². The maximum atomic E-state index is 5.58. The molecule has 1 unspecified atom stereocenters. The molecule has 18 heavy (non-hydrogen) atoms. The van der Waals surface area contributed by atoms with E-state index < -0.39 is 0 Å². The number of hydrogen-bond donors (Lipinski definition) is 2. The number of ether oxygens (including phenoxy) is 3. The summed E-state index contributed by atoms with van der Waals surface area (Å²) in [6, 6.07) is 5.46. The molecule has 1 aromatic rings. The minimum absolute atomic E-state index is 0.141. The Balaban J connectivity index is 2.94. The highest BCUT2D eigenvalue weighted by molar-refractivity contribution is 5.42. The predicted molar refractivity (Wildman–Crippen MR) is 70.7 cm³/mol. The summed E-state index contributed by atoms with van der Waals surface area (Å²) < 4.78 is 16.1. The van der Waals surface area contributed by atoms with Crippen LogP contribution in [-0.2, 0) is 4.74 Å². The van der Waals surface area contributed by atoms with Gasteiger partial charge in [-0.1, -0.05) is 0 Å². The average molecular weight is 254 g/mol. The van der Waals surface area contributed by atoms with Gasteiger partial charge in [-0.15, -0.1) is 0 Å². The SMILES string of the molecule is COc1ccc(OC)c(C(COC(C)C)NN)c1. The zero-order chi connectivity index (χ0) is 13.5. The zero-order valence-corrected chi connectivity index (χ0v) is 11.4. The van der Waals surface area contributed by atoms with Gasteiger partial charge in [0.05, 0.1) is 33.0 Å². The van der Waals surface area contributed by atoms with Crippen molar-refractivity contribution < 1.29 is 14.2 Å². The standard InChI is InChI=1S/C13H22N2O3/c1-9(2)18-8-12(15-14)11-7-10(16-3)5-6-13(11)17-4/h5-7,9,12,15H,8,14H2,1-4H3. The van der Waals surface area contributed by atoms with Crippen molar-refractivity contribution in [2.75, 3.05) is 20.8 Å². The van der Waals surface area contributed by atoms with Gasteiger partial charge in [0.1, 0.15) is 11.5 Å². The summed E-state index contributed by atoms with van der Waals surface area (Å²) in [4.78, 5) is 0. The Labute approximate surface area is 108 Å². The maximum absolute atomic E-state index is 5.58. The Morgan fingerprint density at radius 2 is 1.94 bits per heavy atom. The van der Waals surface area contributed by atoms with Crippen molar-refractivity contribution in [1.29, 1.82) is 0 Å². The van der Waals surface area contributed by atoms with E-state index in [1.165, 1.54) is 0 Å². The molecule has 0 saturated carbocycles. The molecular formula is C13H22N2O3. The fourth-order valence-electron chi connectivity index (χ4n) is 1.63. The van der Waals surface area contributed by atoms with E-state index in [-0.39, 0.29) is 12.1 Å². The lowest BCUT2D eigenvalue weighted by Crippen LogP contribution is -2.32. The highest BCUT2D eigenvalue weighted by Gasteiger charge is 2.16. The Kier molecular flexibility index (Phi) is 5.91. The lowest BCUT2D eigenvalue weighted by atomic mass is 10.1. The minimum atomic E-state index is -0.141. The van der Waals surface area contributed by atoms with Crippen molar-refractivity contribution in [2.45, 2.75) is 26.0 Å². The molecule has 1 atom stereocenters. The van der Waals surface area contributed by atoms with Crippen LogP contribution in [0.1, 0.15) is 25.5 Å². The molecule has 0 aliphatic rings. The molecule has 0 fully saturated rings. The van der Waals surface area contributed by atoms with Crippen molar-refractivity contribution in [2.24, 2.45) is 5.84 Å². The number of nitrogens with two attached hydrogens (primary N) is 1. The van der Waals surface area contributed by atoms with E-state index in [9.17, 15) is 0 Å². The van der Waals surface area contributed by atoms with Gasteiger partial charge in [-0.05, 0) is 32.0 Å². The van der Waals surface area contributed by atoms with E-state index in [1.54, 1.807) is 14.2 Å². The molecule has 0 heterocycles. The molecule has 0 aromatic heterocycles. The fourth-order valence-corrected chi connectivity index (χ4v) is 1.63. The lowest BCUT2D eigenvalue weighted by molar-refractivity contribution is 0.0606. The summed E-state index contributed by atoms with van der Waals surface area (Å²) in [5, 5.41) is 0. The first-order valence-corrected chi connectivity index (χ1v) is 5.92. The molecule has 3 N–H and O–H groups in total. The molecule has 5 heteroatoms. The van der Waals surface area contributed by atoms with Gasteiger partial charge in [0.2, 0.25) is 0 Å². The number of hydrogen-bond acceptors (Lipinski definition) is 5. The van der Waals surface area contributed by atoms with E-state index in [0.29, 0.717) is 6.61 Å². The molecule has 1 rings (SSSR count). The molecule has 0 saturated heterocycles. The Bertz CT molecular complexity index is 369. The summed E-state index contributed by atoms with van der Waals surface area (Å²) in [5.74, 6) is 7.10. The van der Waals surface area contributed by atoms with Crippen LogP contribution in [-0.4, -0.2) is 26.9 Å². The van der Waals surface area contributed by atoms with Gasteiger partial charge < -0.3 is 14.2 Å². The van der Waals surface area contributed by atoms with E-state index >= 15 is 0 Å². The number of nitrogens with one attached hydrogen (secondary N) is 1. The van der Waals surface area contributed by atoms with Gasteiger partial charge in [-0.25, -0.2) is 0 Å². The van der Waals surface area contributed by atoms with Crippen LogP contribution in [0.25, 0.3) is 0 Å². The first kappa shape index (κ1) is 14.8. The molecular weight excluding hydrogens is 232 g/mol. The Morgan fingerprint density at radius 3 is 2.44 bits per heavy atom. The van der Waals surface area contributed by atoms with E-state index in [2.05, 4.69) is 5.43 Å². The molecule has 0 aliphatic heterocycles. The van der Waals surface area contributed by atoms with Gasteiger partial charge in [0.15, 0.2) is 0 Å². The second kappa shape index (κ2) is 7.20. The quantitative estimate of drug-likeness (QED) is 0.572. The van der Waals surface area contributed by atoms with Crippen molar-refractivity contribution >= 4 is 0 Å². The molecule has 0 bridgehead atoms. The molecule has 0 radical (unpaired) electrons. The van der Waals surface area contributed by atoms with Gasteiger partial charge in [0.25, 0.3) is 0 Å². The van der Waals surface area contributed by atoms with Gasteiger partial charge in [0, 0.05) is 5.56 Å². The van der Waals surface area contributed by atoms with Gasteiger partial charge in [-0.3, -0.25) is 11.3 Å². The smallest absolute Gasteiger partial charge is 0.124 e. The largest absolute Gasteiger partial charge is 0.497 e. The molecule has 0 amide bonds. The molecule has 102 valence electrons. The highest BCUT2D eigenvalue weighted by atomic mass is 16.5. The van der Waals surface area contributed by atoms with Crippen molar-refractivity contribution in [3.63, 3.8) is 0 Å². The second-order valence-corrected chi connectivity index (χ2v) is 4.21. The fraction of sp³-hybridized carbons (Fsp3) is 0.538. The lowest BCUT2D eigenvalue weighted by Gasteiger charge is -2.21. The summed E-state index contributed by atoms with van der Waals surface area (Å²) >= 11 is 0. The van der Waals surface area contributed by atoms with E-state index in [4.69, 9.17) is 20.1 Å². The molecule has 0 aliphatic carbocycles. The first-order valence-electron chi connectivity index (χ1n) is 5.92. The summed E-state index contributed by atoms with van der Waals surface area (Å²) in [6.07, 6.45) is 0.150. The van der Waals surface area contributed by atoms with E-state index in [1.807, 2.05) is 32.0 Å². The number of benzene rings is 1. The third-order valence-corrected chi connectivity index (χ3v) is 2.61. The van der Waals surface area contributed by atoms with Gasteiger partial charge in [-0.2, -0.15) is 0 Å². The molecule has 5 nitrogen and oxygen atoms in total. The summed E-state index contributed by atoms with van der Waals surface area (Å²) in [5.41, 5.74) is 3.66. The van der Waals surface area contributed by atoms with Crippen LogP contribution < -0.4 is 20.7 Å². The third kappa shape index (κ3) is 3.87.